The van der Waals surface area contributed by atoms with Crippen molar-refractivity contribution >= 4 is 29.2 Å². The Balaban J connectivity index is 1.84. The fourth-order valence-electron chi connectivity index (χ4n) is 2.38. The van der Waals surface area contributed by atoms with Crippen LogP contribution in [0.2, 0.25) is 5.02 Å². The Morgan fingerprint density at radius 2 is 1.38 bits per heavy atom. The molecule has 0 aliphatic heterocycles. The summed E-state index contributed by atoms with van der Waals surface area (Å²) in [5, 5.41) is 1.52. The van der Waals surface area contributed by atoms with E-state index in [1.807, 2.05) is 36.4 Å². The molecule has 0 bridgehead atoms. The van der Waals surface area contributed by atoms with Crippen molar-refractivity contribution in [3.8, 4) is 0 Å². The van der Waals surface area contributed by atoms with Crippen molar-refractivity contribution in [2.45, 2.75) is 6.42 Å². The molecule has 0 fully saturated rings. The van der Waals surface area contributed by atoms with Gasteiger partial charge in [0, 0.05) is 10.6 Å². The third-order valence-electron chi connectivity index (χ3n) is 3.65. The first-order chi connectivity index (χ1) is 12.6. The Kier molecular flexibility index (Phi) is 5.66. The number of anilines is 1. The van der Waals surface area contributed by atoms with Gasteiger partial charge in [0.25, 0.3) is 5.91 Å². The van der Waals surface area contributed by atoms with E-state index in [4.69, 9.17) is 16.4 Å². The molecular formula is C21H16ClNO3. The molecule has 1 amide bonds. The van der Waals surface area contributed by atoms with Crippen molar-refractivity contribution < 1.29 is 14.4 Å². The molecule has 130 valence electrons. The molecular weight excluding hydrogens is 350 g/mol. The molecule has 4 nitrogen and oxygen atoms in total. The molecule has 0 heterocycles. The lowest BCUT2D eigenvalue weighted by atomic mass is 10.2. The summed E-state index contributed by atoms with van der Waals surface area (Å²) in [6, 6.07) is 24.4. The summed E-state index contributed by atoms with van der Waals surface area (Å²) in [7, 11) is 0. The van der Waals surface area contributed by atoms with Crippen LogP contribution in [0.4, 0.5) is 5.69 Å². The van der Waals surface area contributed by atoms with Crippen LogP contribution in [0.5, 0.6) is 0 Å². The second kappa shape index (κ2) is 8.32. The highest BCUT2D eigenvalue weighted by atomic mass is 35.5. The van der Waals surface area contributed by atoms with Crippen molar-refractivity contribution in [1.82, 2.24) is 0 Å². The number of halogens is 1. The van der Waals surface area contributed by atoms with Gasteiger partial charge in [0.15, 0.2) is 0 Å². The Hall–Kier alpha value is -3.11. The number of carbonyl (C=O) groups is 2. The number of hydrogen-bond donors (Lipinski definition) is 0. The van der Waals surface area contributed by atoms with Gasteiger partial charge >= 0.3 is 5.97 Å². The number of hydroxylamine groups is 1. The van der Waals surface area contributed by atoms with E-state index in [1.165, 1.54) is 0 Å². The molecule has 3 aromatic carbocycles. The van der Waals surface area contributed by atoms with Gasteiger partial charge in [0.05, 0.1) is 12.1 Å². The maximum Gasteiger partial charge on any atom is 0.337 e. The van der Waals surface area contributed by atoms with E-state index >= 15 is 0 Å². The molecule has 0 radical (unpaired) electrons. The predicted molar refractivity (Wildman–Crippen MR) is 101 cm³/mol. The van der Waals surface area contributed by atoms with Crippen LogP contribution in [0.25, 0.3) is 0 Å². The van der Waals surface area contributed by atoms with Crippen molar-refractivity contribution in [3.63, 3.8) is 0 Å². The van der Waals surface area contributed by atoms with Crippen LogP contribution >= 0.6 is 11.6 Å². The molecule has 0 N–H and O–H groups in total. The first-order valence-corrected chi connectivity index (χ1v) is 8.41. The second-order valence-electron chi connectivity index (χ2n) is 5.57. The number of amides is 1. The topological polar surface area (TPSA) is 46.6 Å². The maximum atomic E-state index is 12.8. The van der Waals surface area contributed by atoms with Gasteiger partial charge in [-0.3, -0.25) is 4.79 Å². The SMILES string of the molecule is O=C(Cc1ccccc1)ON(C(=O)c1ccccc1)c1ccc(Cl)cc1. The highest BCUT2D eigenvalue weighted by Crippen LogP contribution is 2.21. The van der Waals surface area contributed by atoms with E-state index in [1.54, 1.807) is 48.5 Å². The fourth-order valence-corrected chi connectivity index (χ4v) is 2.51. The van der Waals surface area contributed by atoms with Crippen molar-refractivity contribution in [1.29, 1.82) is 0 Å². The molecule has 0 aliphatic carbocycles. The van der Waals surface area contributed by atoms with Crippen LogP contribution in [0.3, 0.4) is 0 Å². The summed E-state index contributed by atoms with van der Waals surface area (Å²) < 4.78 is 0. The summed E-state index contributed by atoms with van der Waals surface area (Å²) in [6.07, 6.45) is 0.0625. The lowest BCUT2D eigenvalue weighted by Crippen LogP contribution is -2.34. The molecule has 0 saturated heterocycles. The van der Waals surface area contributed by atoms with Crippen LogP contribution in [0, 0.1) is 0 Å². The zero-order chi connectivity index (χ0) is 18.4. The third kappa shape index (κ3) is 4.49. The van der Waals surface area contributed by atoms with Crippen LogP contribution in [-0.4, -0.2) is 11.9 Å². The summed E-state index contributed by atoms with van der Waals surface area (Å²) >= 11 is 5.91. The van der Waals surface area contributed by atoms with Gasteiger partial charge in [0.1, 0.15) is 0 Å². The van der Waals surface area contributed by atoms with Gasteiger partial charge in [-0.25, -0.2) is 4.79 Å². The van der Waals surface area contributed by atoms with E-state index in [2.05, 4.69) is 0 Å². The van der Waals surface area contributed by atoms with Gasteiger partial charge in [-0.1, -0.05) is 60.1 Å². The minimum Gasteiger partial charge on any atom is -0.333 e. The van der Waals surface area contributed by atoms with Crippen LogP contribution in [-0.2, 0) is 16.1 Å². The minimum absolute atomic E-state index is 0.0625. The number of rotatable bonds is 4. The highest BCUT2D eigenvalue weighted by molar-refractivity contribution is 6.30. The normalized spacial score (nSPS) is 10.2. The fraction of sp³-hybridized carbons (Fsp3) is 0.0476. The molecule has 0 spiro atoms. The molecule has 3 aromatic rings. The van der Waals surface area contributed by atoms with Crippen molar-refractivity contribution in [2.24, 2.45) is 0 Å². The quantitative estimate of drug-likeness (QED) is 0.630. The van der Waals surface area contributed by atoms with E-state index in [-0.39, 0.29) is 6.42 Å². The van der Waals surface area contributed by atoms with Crippen LogP contribution in [0.1, 0.15) is 15.9 Å². The van der Waals surface area contributed by atoms with E-state index < -0.39 is 11.9 Å². The Morgan fingerprint density at radius 3 is 2.00 bits per heavy atom. The zero-order valence-corrected chi connectivity index (χ0v) is 14.6. The zero-order valence-electron chi connectivity index (χ0n) is 13.8. The average molecular weight is 366 g/mol. The smallest absolute Gasteiger partial charge is 0.333 e. The van der Waals surface area contributed by atoms with Crippen LogP contribution in [0.15, 0.2) is 84.9 Å². The Morgan fingerprint density at radius 1 is 0.808 bits per heavy atom. The van der Waals surface area contributed by atoms with Gasteiger partial charge in [0.2, 0.25) is 0 Å². The number of nitrogens with zero attached hydrogens (tertiary/aromatic N) is 1. The van der Waals surface area contributed by atoms with Crippen molar-refractivity contribution in [3.05, 3.63) is 101 Å². The summed E-state index contributed by atoms with van der Waals surface area (Å²) in [5.74, 6) is -0.968. The van der Waals surface area contributed by atoms with E-state index in [0.29, 0.717) is 16.3 Å². The standard InChI is InChI=1S/C21H16ClNO3/c22-18-11-13-19(14-12-18)23(21(25)17-9-5-2-6-10-17)26-20(24)15-16-7-3-1-4-8-16/h1-14H,15H2. The van der Waals surface area contributed by atoms with E-state index in [0.717, 1.165) is 10.6 Å². The summed E-state index contributed by atoms with van der Waals surface area (Å²) in [4.78, 5) is 30.6. The molecule has 3 rings (SSSR count). The summed E-state index contributed by atoms with van der Waals surface area (Å²) in [5.41, 5.74) is 1.64. The lowest BCUT2D eigenvalue weighted by Gasteiger charge is -2.21. The first-order valence-electron chi connectivity index (χ1n) is 8.03. The third-order valence-corrected chi connectivity index (χ3v) is 3.90. The van der Waals surface area contributed by atoms with Gasteiger partial charge in [-0.05, 0) is 42.0 Å². The molecule has 0 aromatic heterocycles. The molecule has 0 saturated carbocycles. The number of hydrogen-bond acceptors (Lipinski definition) is 3. The number of benzene rings is 3. The molecule has 0 aliphatic rings. The molecule has 0 unspecified atom stereocenters. The van der Waals surface area contributed by atoms with Gasteiger partial charge < -0.3 is 4.84 Å². The molecule has 0 atom stereocenters. The predicted octanol–water partition coefficient (Wildman–Crippen LogP) is 4.69. The lowest BCUT2D eigenvalue weighted by molar-refractivity contribution is -0.143. The average Bonchev–Trinajstić information content (AvgIpc) is 2.68. The minimum atomic E-state index is -0.532. The first kappa shape index (κ1) is 17.7. The largest absolute Gasteiger partial charge is 0.337 e. The second-order valence-corrected chi connectivity index (χ2v) is 6.00. The Bertz CT molecular complexity index is 880. The monoisotopic (exact) mass is 365 g/mol. The number of carbonyl (C=O) groups excluding carboxylic acids is 2. The van der Waals surface area contributed by atoms with Gasteiger partial charge in [-0.2, -0.15) is 0 Å². The maximum absolute atomic E-state index is 12.8. The molecule has 5 heteroatoms. The van der Waals surface area contributed by atoms with Gasteiger partial charge in [-0.15, -0.1) is 5.06 Å². The van der Waals surface area contributed by atoms with E-state index in [9.17, 15) is 9.59 Å². The highest BCUT2D eigenvalue weighted by Gasteiger charge is 2.22. The van der Waals surface area contributed by atoms with Crippen LogP contribution < -0.4 is 5.06 Å². The summed E-state index contributed by atoms with van der Waals surface area (Å²) in [6.45, 7) is 0. The van der Waals surface area contributed by atoms with Crippen molar-refractivity contribution in [2.75, 3.05) is 5.06 Å². The molecule has 26 heavy (non-hydrogen) atoms. The Labute approximate surface area is 156 Å².